The van der Waals surface area contributed by atoms with Crippen LogP contribution in [0.2, 0.25) is 5.02 Å². The SMILES string of the molecule is Nc1cc(Cl)cnc1N1CCC(O)CC1. The van der Waals surface area contributed by atoms with Crippen molar-refractivity contribution in [2.75, 3.05) is 23.7 Å². The minimum atomic E-state index is -0.185. The second kappa shape index (κ2) is 4.24. The Morgan fingerprint density at radius 1 is 1.47 bits per heavy atom. The smallest absolute Gasteiger partial charge is 0.151 e. The van der Waals surface area contributed by atoms with Crippen molar-refractivity contribution in [1.82, 2.24) is 4.98 Å². The molecule has 0 radical (unpaired) electrons. The third kappa shape index (κ3) is 2.33. The average molecular weight is 228 g/mol. The summed E-state index contributed by atoms with van der Waals surface area (Å²) >= 11 is 5.78. The van der Waals surface area contributed by atoms with Crippen molar-refractivity contribution < 1.29 is 5.11 Å². The molecule has 0 unspecified atom stereocenters. The van der Waals surface area contributed by atoms with E-state index in [2.05, 4.69) is 9.88 Å². The fourth-order valence-electron chi connectivity index (χ4n) is 1.79. The zero-order valence-electron chi connectivity index (χ0n) is 8.36. The molecule has 0 aliphatic carbocycles. The Kier molecular flexibility index (Phi) is 2.98. The summed E-state index contributed by atoms with van der Waals surface area (Å²) in [4.78, 5) is 6.30. The van der Waals surface area contributed by atoms with Gasteiger partial charge in [0.25, 0.3) is 0 Å². The third-order valence-electron chi connectivity index (χ3n) is 2.63. The summed E-state index contributed by atoms with van der Waals surface area (Å²) in [7, 11) is 0. The highest BCUT2D eigenvalue weighted by Crippen LogP contribution is 2.25. The van der Waals surface area contributed by atoms with Gasteiger partial charge in [-0.3, -0.25) is 0 Å². The Morgan fingerprint density at radius 2 is 2.13 bits per heavy atom. The lowest BCUT2D eigenvalue weighted by molar-refractivity contribution is 0.145. The van der Waals surface area contributed by atoms with Crippen molar-refractivity contribution in [2.24, 2.45) is 0 Å². The van der Waals surface area contributed by atoms with Gasteiger partial charge in [0.2, 0.25) is 0 Å². The molecule has 15 heavy (non-hydrogen) atoms. The molecule has 2 heterocycles. The van der Waals surface area contributed by atoms with Crippen LogP contribution in [0.25, 0.3) is 0 Å². The van der Waals surface area contributed by atoms with E-state index in [-0.39, 0.29) is 6.10 Å². The van der Waals surface area contributed by atoms with Crippen LogP contribution in [-0.2, 0) is 0 Å². The van der Waals surface area contributed by atoms with Gasteiger partial charge in [0.15, 0.2) is 5.82 Å². The first-order valence-corrected chi connectivity index (χ1v) is 5.38. The maximum atomic E-state index is 9.39. The zero-order valence-corrected chi connectivity index (χ0v) is 9.11. The molecule has 0 atom stereocenters. The number of rotatable bonds is 1. The minimum absolute atomic E-state index is 0.185. The van der Waals surface area contributed by atoms with Crippen molar-refractivity contribution in [3.63, 3.8) is 0 Å². The Bertz CT molecular complexity index is 351. The Hall–Kier alpha value is -1.00. The number of hydrogen-bond acceptors (Lipinski definition) is 4. The second-order valence-electron chi connectivity index (χ2n) is 3.78. The molecule has 4 nitrogen and oxygen atoms in total. The van der Waals surface area contributed by atoms with Crippen molar-refractivity contribution in [2.45, 2.75) is 18.9 Å². The van der Waals surface area contributed by atoms with Crippen molar-refractivity contribution in [1.29, 1.82) is 0 Å². The topological polar surface area (TPSA) is 62.4 Å². The Balaban J connectivity index is 2.15. The first-order chi connectivity index (χ1) is 7.16. The maximum absolute atomic E-state index is 9.39. The lowest BCUT2D eigenvalue weighted by Crippen LogP contribution is -2.36. The van der Waals surface area contributed by atoms with Gasteiger partial charge >= 0.3 is 0 Å². The van der Waals surface area contributed by atoms with Gasteiger partial charge in [-0.15, -0.1) is 0 Å². The van der Waals surface area contributed by atoms with E-state index in [0.29, 0.717) is 10.7 Å². The van der Waals surface area contributed by atoms with Crippen LogP contribution < -0.4 is 10.6 Å². The molecule has 1 aliphatic heterocycles. The lowest BCUT2D eigenvalue weighted by Gasteiger charge is -2.31. The maximum Gasteiger partial charge on any atom is 0.151 e. The molecule has 1 aromatic heterocycles. The van der Waals surface area contributed by atoms with Crippen LogP contribution >= 0.6 is 11.6 Å². The molecule has 1 aliphatic rings. The molecule has 0 aromatic carbocycles. The normalized spacial score (nSPS) is 18.1. The molecule has 82 valence electrons. The standard InChI is InChI=1S/C10H14ClN3O/c11-7-5-9(12)10(13-6-7)14-3-1-8(15)2-4-14/h5-6,8,15H,1-4,12H2. The van der Waals surface area contributed by atoms with Gasteiger partial charge in [-0.1, -0.05) is 11.6 Å². The number of nitrogen functional groups attached to an aromatic ring is 1. The van der Waals surface area contributed by atoms with Crippen LogP contribution in [0.15, 0.2) is 12.3 Å². The predicted molar refractivity (Wildman–Crippen MR) is 61.1 cm³/mol. The van der Waals surface area contributed by atoms with Crippen LogP contribution in [0.3, 0.4) is 0 Å². The molecular weight excluding hydrogens is 214 g/mol. The quantitative estimate of drug-likeness (QED) is 0.759. The summed E-state index contributed by atoms with van der Waals surface area (Å²) in [5, 5.41) is 9.94. The van der Waals surface area contributed by atoms with Crippen LogP contribution in [0, 0.1) is 0 Å². The summed E-state index contributed by atoms with van der Waals surface area (Å²) < 4.78 is 0. The van der Waals surface area contributed by atoms with E-state index in [1.807, 2.05) is 0 Å². The second-order valence-corrected chi connectivity index (χ2v) is 4.22. The van der Waals surface area contributed by atoms with E-state index in [1.165, 1.54) is 0 Å². The largest absolute Gasteiger partial charge is 0.396 e. The highest BCUT2D eigenvalue weighted by Gasteiger charge is 2.19. The first kappa shape index (κ1) is 10.5. The molecule has 0 amide bonds. The number of nitrogens with zero attached hydrogens (tertiary/aromatic N) is 2. The summed E-state index contributed by atoms with van der Waals surface area (Å²) in [6.07, 6.45) is 2.95. The van der Waals surface area contributed by atoms with E-state index in [0.717, 1.165) is 31.7 Å². The Labute approximate surface area is 93.7 Å². The van der Waals surface area contributed by atoms with E-state index in [9.17, 15) is 5.11 Å². The highest BCUT2D eigenvalue weighted by atomic mass is 35.5. The average Bonchev–Trinajstić information content (AvgIpc) is 2.20. The predicted octanol–water partition coefficient (Wildman–Crippen LogP) is 1.28. The number of pyridine rings is 1. The summed E-state index contributed by atoms with van der Waals surface area (Å²) in [6, 6.07) is 1.70. The number of aromatic nitrogens is 1. The van der Waals surface area contributed by atoms with Gasteiger partial charge in [0.05, 0.1) is 16.8 Å². The number of aliphatic hydroxyl groups excluding tert-OH is 1. The van der Waals surface area contributed by atoms with Crippen LogP contribution in [0.1, 0.15) is 12.8 Å². The number of hydrogen-bond donors (Lipinski definition) is 2. The van der Waals surface area contributed by atoms with Gasteiger partial charge in [-0.05, 0) is 18.9 Å². The van der Waals surface area contributed by atoms with E-state index in [1.54, 1.807) is 12.3 Å². The van der Waals surface area contributed by atoms with Crippen LogP contribution in [-0.4, -0.2) is 29.3 Å². The zero-order chi connectivity index (χ0) is 10.8. The molecule has 0 spiro atoms. The summed E-state index contributed by atoms with van der Waals surface area (Å²) in [6.45, 7) is 1.58. The number of aliphatic hydroxyl groups is 1. The van der Waals surface area contributed by atoms with E-state index < -0.39 is 0 Å². The molecule has 0 bridgehead atoms. The van der Waals surface area contributed by atoms with Gasteiger partial charge < -0.3 is 15.7 Å². The number of halogens is 1. The van der Waals surface area contributed by atoms with Gasteiger partial charge in [0, 0.05) is 19.3 Å². The minimum Gasteiger partial charge on any atom is -0.396 e. The molecule has 3 N–H and O–H groups in total. The molecule has 5 heteroatoms. The molecule has 1 fully saturated rings. The summed E-state index contributed by atoms with van der Waals surface area (Å²) in [5.74, 6) is 0.770. The lowest BCUT2D eigenvalue weighted by atomic mass is 10.1. The Morgan fingerprint density at radius 3 is 2.73 bits per heavy atom. The van der Waals surface area contributed by atoms with Gasteiger partial charge in [-0.2, -0.15) is 0 Å². The molecule has 0 saturated carbocycles. The molecule has 2 rings (SSSR count). The van der Waals surface area contributed by atoms with Crippen LogP contribution in [0.4, 0.5) is 11.5 Å². The fraction of sp³-hybridized carbons (Fsp3) is 0.500. The van der Waals surface area contributed by atoms with Crippen molar-refractivity contribution in [3.05, 3.63) is 17.3 Å². The fourth-order valence-corrected chi connectivity index (χ4v) is 1.96. The molecule has 1 aromatic rings. The number of anilines is 2. The number of piperidine rings is 1. The number of nitrogens with two attached hydrogens (primary N) is 1. The van der Waals surface area contributed by atoms with Gasteiger partial charge in [0.1, 0.15) is 0 Å². The van der Waals surface area contributed by atoms with Gasteiger partial charge in [-0.25, -0.2) is 4.98 Å². The molecule has 1 saturated heterocycles. The monoisotopic (exact) mass is 227 g/mol. The van der Waals surface area contributed by atoms with Crippen molar-refractivity contribution in [3.8, 4) is 0 Å². The molecular formula is C10H14ClN3O. The first-order valence-electron chi connectivity index (χ1n) is 5.01. The highest BCUT2D eigenvalue weighted by molar-refractivity contribution is 6.30. The van der Waals surface area contributed by atoms with Crippen molar-refractivity contribution >= 4 is 23.1 Å². The van der Waals surface area contributed by atoms with Crippen LogP contribution in [0.5, 0.6) is 0 Å². The summed E-state index contributed by atoms with van der Waals surface area (Å²) in [5.41, 5.74) is 6.43. The van der Waals surface area contributed by atoms with E-state index >= 15 is 0 Å². The third-order valence-corrected chi connectivity index (χ3v) is 2.83. The van der Waals surface area contributed by atoms with E-state index in [4.69, 9.17) is 17.3 Å².